The molecule has 0 aromatic carbocycles. The summed E-state index contributed by atoms with van der Waals surface area (Å²) in [6.45, 7) is 0. The molecule has 0 saturated heterocycles. The van der Waals surface area contributed by atoms with E-state index in [0.29, 0.717) is 23.9 Å². The Morgan fingerprint density at radius 1 is 1.06 bits per heavy atom. The Morgan fingerprint density at radius 3 is 2.24 bits per heavy atom. The molecule has 2 unspecified atom stereocenters. The van der Waals surface area contributed by atoms with Crippen LogP contribution in [0.5, 0.6) is 0 Å². The standard InChI is InChI=1S/C14H24N2O/c1-16(10-7-5-9(15)6-8-10)14(17)13-11-3-2-4-12(11)13/h9-13H,2-8,15H2,1H3. The van der Waals surface area contributed by atoms with Gasteiger partial charge in [0.15, 0.2) is 0 Å². The molecule has 3 nitrogen and oxygen atoms in total. The van der Waals surface area contributed by atoms with Crippen molar-refractivity contribution in [1.29, 1.82) is 0 Å². The van der Waals surface area contributed by atoms with Crippen molar-refractivity contribution in [3.8, 4) is 0 Å². The number of fused-ring (bicyclic) bond motifs is 1. The summed E-state index contributed by atoms with van der Waals surface area (Å²) in [6.07, 6.45) is 8.31. The summed E-state index contributed by atoms with van der Waals surface area (Å²) in [5.41, 5.74) is 5.92. The molecule has 2 N–H and O–H groups in total. The maximum Gasteiger partial charge on any atom is 0.226 e. The number of nitrogens with two attached hydrogens (primary N) is 1. The van der Waals surface area contributed by atoms with Crippen LogP contribution in [-0.2, 0) is 4.79 Å². The van der Waals surface area contributed by atoms with Crippen molar-refractivity contribution < 1.29 is 4.79 Å². The van der Waals surface area contributed by atoms with Crippen molar-refractivity contribution in [3.05, 3.63) is 0 Å². The summed E-state index contributed by atoms with van der Waals surface area (Å²) >= 11 is 0. The Hall–Kier alpha value is -0.570. The van der Waals surface area contributed by atoms with Crippen LogP contribution in [0.15, 0.2) is 0 Å². The van der Waals surface area contributed by atoms with Crippen molar-refractivity contribution in [1.82, 2.24) is 4.90 Å². The molecule has 3 saturated carbocycles. The highest BCUT2D eigenvalue weighted by molar-refractivity contribution is 5.82. The number of carbonyl (C=O) groups excluding carboxylic acids is 1. The van der Waals surface area contributed by atoms with Crippen molar-refractivity contribution in [2.45, 2.75) is 57.0 Å². The van der Waals surface area contributed by atoms with E-state index in [9.17, 15) is 4.79 Å². The average Bonchev–Trinajstić information content (AvgIpc) is 2.81. The predicted octanol–water partition coefficient (Wildman–Crippen LogP) is 1.76. The lowest BCUT2D eigenvalue weighted by molar-refractivity contribution is -0.134. The fourth-order valence-electron chi connectivity index (χ4n) is 4.09. The van der Waals surface area contributed by atoms with Crippen LogP contribution in [0.1, 0.15) is 44.9 Å². The first-order valence-electron chi connectivity index (χ1n) is 7.20. The molecule has 3 heteroatoms. The SMILES string of the molecule is CN(C(=O)C1C2CCCC21)C1CCC(N)CC1. The molecule has 1 amide bonds. The molecule has 0 bridgehead atoms. The van der Waals surface area contributed by atoms with Gasteiger partial charge >= 0.3 is 0 Å². The fourth-order valence-corrected chi connectivity index (χ4v) is 4.09. The second-order valence-electron chi connectivity index (χ2n) is 6.30. The Kier molecular flexibility index (Phi) is 2.89. The van der Waals surface area contributed by atoms with Gasteiger partial charge in [-0.1, -0.05) is 6.42 Å². The highest BCUT2D eigenvalue weighted by Crippen LogP contribution is 2.58. The minimum atomic E-state index is 0.370. The van der Waals surface area contributed by atoms with Crippen LogP contribution in [0, 0.1) is 17.8 Å². The Labute approximate surface area is 104 Å². The summed E-state index contributed by atoms with van der Waals surface area (Å²) in [6, 6.07) is 0.832. The molecule has 3 fully saturated rings. The van der Waals surface area contributed by atoms with Crippen LogP contribution in [-0.4, -0.2) is 29.9 Å². The Morgan fingerprint density at radius 2 is 1.65 bits per heavy atom. The third-order valence-electron chi connectivity index (χ3n) is 5.33. The van der Waals surface area contributed by atoms with E-state index in [2.05, 4.69) is 4.90 Å². The molecule has 0 spiro atoms. The van der Waals surface area contributed by atoms with Gasteiger partial charge in [-0.05, 0) is 50.4 Å². The first-order valence-corrected chi connectivity index (χ1v) is 7.20. The van der Waals surface area contributed by atoms with Crippen LogP contribution < -0.4 is 5.73 Å². The van der Waals surface area contributed by atoms with Crippen LogP contribution in [0.4, 0.5) is 0 Å². The summed E-state index contributed by atoms with van der Waals surface area (Å²) in [4.78, 5) is 14.4. The van der Waals surface area contributed by atoms with Gasteiger partial charge < -0.3 is 10.6 Å². The summed E-state index contributed by atoms with van der Waals surface area (Å²) in [5, 5.41) is 0. The molecule has 3 rings (SSSR count). The smallest absolute Gasteiger partial charge is 0.226 e. The van der Waals surface area contributed by atoms with E-state index in [-0.39, 0.29) is 0 Å². The van der Waals surface area contributed by atoms with Gasteiger partial charge in [-0.25, -0.2) is 0 Å². The van der Waals surface area contributed by atoms with Gasteiger partial charge in [0.1, 0.15) is 0 Å². The van der Waals surface area contributed by atoms with Gasteiger partial charge in [-0.2, -0.15) is 0 Å². The van der Waals surface area contributed by atoms with E-state index in [0.717, 1.165) is 37.5 Å². The summed E-state index contributed by atoms with van der Waals surface area (Å²) in [5.74, 6) is 2.32. The van der Waals surface area contributed by atoms with Gasteiger partial charge in [0.05, 0.1) is 0 Å². The van der Waals surface area contributed by atoms with E-state index in [1.165, 1.54) is 19.3 Å². The molecule has 96 valence electrons. The zero-order valence-electron chi connectivity index (χ0n) is 10.8. The van der Waals surface area contributed by atoms with Crippen molar-refractivity contribution in [2.24, 2.45) is 23.5 Å². The minimum absolute atomic E-state index is 0.370. The van der Waals surface area contributed by atoms with Crippen molar-refractivity contribution in [3.63, 3.8) is 0 Å². The second kappa shape index (κ2) is 4.27. The van der Waals surface area contributed by atoms with Crippen molar-refractivity contribution in [2.75, 3.05) is 7.05 Å². The maximum atomic E-state index is 12.4. The number of hydrogen-bond acceptors (Lipinski definition) is 2. The normalized spacial score (nSPS) is 44.2. The van der Waals surface area contributed by atoms with E-state index in [1.54, 1.807) is 0 Å². The fraction of sp³-hybridized carbons (Fsp3) is 0.929. The third kappa shape index (κ3) is 1.99. The van der Waals surface area contributed by atoms with Gasteiger partial charge in [0.25, 0.3) is 0 Å². The lowest BCUT2D eigenvalue weighted by atomic mass is 9.90. The number of carbonyl (C=O) groups is 1. The molecule has 0 heterocycles. The molecule has 3 aliphatic rings. The topological polar surface area (TPSA) is 46.3 Å². The highest BCUT2D eigenvalue weighted by atomic mass is 16.2. The highest BCUT2D eigenvalue weighted by Gasteiger charge is 2.57. The van der Waals surface area contributed by atoms with Gasteiger partial charge in [-0.3, -0.25) is 4.79 Å². The molecule has 0 aromatic heterocycles. The second-order valence-corrected chi connectivity index (χ2v) is 6.30. The first kappa shape index (κ1) is 11.5. The van der Waals surface area contributed by atoms with E-state index in [4.69, 9.17) is 5.73 Å². The van der Waals surface area contributed by atoms with Gasteiger partial charge in [-0.15, -0.1) is 0 Å². The third-order valence-corrected chi connectivity index (χ3v) is 5.33. The molecular weight excluding hydrogens is 212 g/mol. The molecule has 3 aliphatic carbocycles. The molecule has 0 radical (unpaired) electrons. The van der Waals surface area contributed by atoms with Crippen LogP contribution in [0.25, 0.3) is 0 Å². The lowest BCUT2D eigenvalue weighted by Gasteiger charge is -2.34. The predicted molar refractivity (Wildman–Crippen MR) is 67.3 cm³/mol. The van der Waals surface area contributed by atoms with Gasteiger partial charge in [0.2, 0.25) is 5.91 Å². The quantitative estimate of drug-likeness (QED) is 0.794. The molecule has 2 atom stereocenters. The van der Waals surface area contributed by atoms with Crippen LogP contribution >= 0.6 is 0 Å². The maximum absolute atomic E-state index is 12.4. The molecular formula is C14H24N2O. The van der Waals surface area contributed by atoms with E-state index < -0.39 is 0 Å². The average molecular weight is 236 g/mol. The minimum Gasteiger partial charge on any atom is -0.343 e. The Balaban J connectivity index is 1.55. The lowest BCUT2D eigenvalue weighted by Crippen LogP contribution is -2.43. The van der Waals surface area contributed by atoms with Crippen molar-refractivity contribution >= 4 is 5.91 Å². The largest absolute Gasteiger partial charge is 0.343 e. The first-order chi connectivity index (χ1) is 8.18. The van der Waals surface area contributed by atoms with E-state index >= 15 is 0 Å². The van der Waals surface area contributed by atoms with Crippen LogP contribution in [0.2, 0.25) is 0 Å². The molecule has 17 heavy (non-hydrogen) atoms. The molecule has 0 aromatic rings. The van der Waals surface area contributed by atoms with Gasteiger partial charge in [0, 0.05) is 25.0 Å². The number of hydrogen-bond donors (Lipinski definition) is 1. The number of nitrogens with zero attached hydrogens (tertiary/aromatic N) is 1. The summed E-state index contributed by atoms with van der Waals surface area (Å²) < 4.78 is 0. The number of rotatable bonds is 2. The Bertz CT molecular complexity index is 299. The zero-order valence-corrected chi connectivity index (χ0v) is 10.8. The van der Waals surface area contributed by atoms with Crippen LogP contribution in [0.3, 0.4) is 0 Å². The summed E-state index contributed by atoms with van der Waals surface area (Å²) in [7, 11) is 2.01. The molecule has 0 aliphatic heterocycles. The number of amides is 1. The zero-order chi connectivity index (χ0) is 12.0. The monoisotopic (exact) mass is 236 g/mol. The van der Waals surface area contributed by atoms with E-state index in [1.807, 2.05) is 7.05 Å².